The van der Waals surface area contributed by atoms with E-state index in [2.05, 4.69) is 20.8 Å². The van der Waals surface area contributed by atoms with Gasteiger partial charge in [-0.3, -0.25) is 4.79 Å². The van der Waals surface area contributed by atoms with Gasteiger partial charge in [0.2, 0.25) is 0 Å². The van der Waals surface area contributed by atoms with E-state index in [4.69, 9.17) is 4.74 Å². The molecule has 136 valence electrons. The maximum Gasteiger partial charge on any atom is 0.338 e. The summed E-state index contributed by atoms with van der Waals surface area (Å²) in [6.45, 7) is 11.3. The summed E-state index contributed by atoms with van der Waals surface area (Å²) < 4.78 is 5.34. The zero-order valence-electron chi connectivity index (χ0n) is 16.0. The molecule has 1 heterocycles. The number of rotatable bonds is 3. The van der Waals surface area contributed by atoms with Crippen molar-refractivity contribution in [2.45, 2.75) is 59.9 Å². The summed E-state index contributed by atoms with van der Waals surface area (Å²) in [5, 5.41) is 0. The van der Waals surface area contributed by atoms with Crippen molar-refractivity contribution in [2.24, 2.45) is 10.8 Å². The molecule has 1 saturated carbocycles. The number of hydrogen-bond acceptors (Lipinski definition) is 3. The predicted octanol–water partition coefficient (Wildman–Crippen LogP) is 3.89. The summed E-state index contributed by atoms with van der Waals surface area (Å²) in [7, 11) is 0. The molecular weight excluding hydrogens is 314 g/mol. The Bertz CT molecular complexity index is 709. The molecule has 2 bridgehead atoms. The third kappa shape index (κ3) is 3.73. The molecule has 0 unspecified atom stereocenters. The van der Waals surface area contributed by atoms with Crippen LogP contribution in [0.4, 0.5) is 0 Å². The van der Waals surface area contributed by atoms with Crippen molar-refractivity contribution in [1.82, 2.24) is 4.90 Å². The summed E-state index contributed by atoms with van der Waals surface area (Å²) in [6, 6.07) is 5.96. The number of ether oxygens (including phenoxy) is 1. The van der Waals surface area contributed by atoms with E-state index in [9.17, 15) is 9.59 Å². The minimum absolute atomic E-state index is 0.0647. The summed E-state index contributed by atoms with van der Waals surface area (Å²) >= 11 is 0. The standard InChI is InChI=1S/C21H29NO3/c1-14-6-7-15(2)17(8-14)19(24)25-11-18(23)22-13-21(5)10-16(22)9-20(3,4)12-21/h6-8,16H,9-13H2,1-5H3/t16-,21-/m0/s1. The minimum Gasteiger partial charge on any atom is -0.452 e. The van der Waals surface area contributed by atoms with Gasteiger partial charge < -0.3 is 9.64 Å². The maximum absolute atomic E-state index is 12.7. The Labute approximate surface area is 150 Å². The molecule has 4 heteroatoms. The number of benzene rings is 1. The molecule has 3 rings (SSSR count). The molecule has 1 aromatic carbocycles. The molecule has 2 fully saturated rings. The second-order valence-corrected chi connectivity index (χ2v) is 9.13. The highest BCUT2D eigenvalue weighted by Gasteiger charge is 2.50. The molecular formula is C21H29NO3. The Hall–Kier alpha value is -1.84. The Kier molecular flexibility index (Phi) is 4.42. The third-order valence-corrected chi connectivity index (χ3v) is 5.67. The fraction of sp³-hybridized carbons (Fsp3) is 0.619. The van der Waals surface area contributed by atoms with E-state index in [0.717, 1.165) is 36.9 Å². The molecule has 0 N–H and O–H groups in total. The van der Waals surface area contributed by atoms with E-state index < -0.39 is 5.97 Å². The van der Waals surface area contributed by atoms with Crippen LogP contribution in [0.5, 0.6) is 0 Å². The van der Waals surface area contributed by atoms with E-state index in [1.807, 2.05) is 36.9 Å². The molecule has 2 atom stereocenters. The van der Waals surface area contributed by atoms with Crippen LogP contribution in [0.3, 0.4) is 0 Å². The number of likely N-dealkylation sites (tertiary alicyclic amines) is 1. The molecule has 4 nitrogen and oxygen atoms in total. The molecule has 25 heavy (non-hydrogen) atoms. The van der Waals surface area contributed by atoms with Crippen LogP contribution >= 0.6 is 0 Å². The van der Waals surface area contributed by atoms with Crippen LogP contribution in [-0.2, 0) is 9.53 Å². The zero-order chi connectivity index (χ0) is 18.4. The van der Waals surface area contributed by atoms with Gasteiger partial charge in [-0.2, -0.15) is 0 Å². The second kappa shape index (κ2) is 6.15. The van der Waals surface area contributed by atoms with Crippen LogP contribution in [-0.4, -0.2) is 36.0 Å². The third-order valence-electron chi connectivity index (χ3n) is 5.67. The molecule has 0 spiro atoms. The van der Waals surface area contributed by atoms with Crippen LogP contribution in [0.15, 0.2) is 18.2 Å². The van der Waals surface area contributed by atoms with Crippen molar-refractivity contribution in [3.8, 4) is 0 Å². The normalized spacial score (nSPS) is 27.2. The van der Waals surface area contributed by atoms with Gasteiger partial charge in [0.1, 0.15) is 0 Å². The maximum atomic E-state index is 12.7. The highest BCUT2D eigenvalue weighted by molar-refractivity contribution is 5.93. The second-order valence-electron chi connectivity index (χ2n) is 9.13. The Morgan fingerprint density at radius 2 is 1.92 bits per heavy atom. The minimum atomic E-state index is -0.414. The summed E-state index contributed by atoms with van der Waals surface area (Å²) in [5.74, 6) is -0.478. The molecule has 0 radical (unpaired) electrons. The first-order valence-electron chi connectivity index (χ1n) is 9.12. The van der Waals surface area contributed by atoms with Crippen LogP contribution in [0, 0.1) is 24.7 Å². The van der Waals surface area contributed by atoms with Gasteiger partial charge in [-0.05, 0) is 55.6 Å². The first-order chi connectivity index (χ1) is 11.6. The highest BCUT2D eigenvalue weighted by atomic mass is 16.5. The van der Waals surface area contributed by atoms with Gasteiger partial charge in [0, 0.05) is 12.6 Å². The number of amides is 1. The number of hydrogen-bond donors (Lipinski definition) is 0. The van der Waals surface area contributed by atoms with Gasteiger partial charge in [-0.15, -0.1) is 0 Å². The number of aryl methyl sites for hydroxylation is 2. The SMILES string of the molecule is Cc1ccc(C)c(C(=O)OCC(=O)N2C[C@@]3(C)C[C@@H]2CC(C)(C)C3)c1. The van der Waals surface area contributed by atoms with Gasteiger partial charge in [0.25, 0.3) is 5.91 Å². The smallest absolute Gasteiger partial charge is 0.338 e. The van der Waals surface area contributed by atoms with Gasteiger partial charge in [-0.25, -0.2) is 4.79 Å². The van der Waals surface area contributed by atoms with Crippen molar-refractivity contribution in [3.63, 3.8) is 0 Å². The van der Waals surface area contributed by atoms with E-state index in [1.54, 1.807) is 0 Å². The summed E-state index contributed by atoms with van der Waals surface area (Å²) in [5.41, 5.74) is 2.88. The lowest BCUT2D eigenvalue weighted by atomic mass is 9.65. The van der Waals surface area contributed by atoms with Crippen LogP contribution in [0.25, 0.3) is 0 Å². The lowest BCUT2D eigenvalue weighted by molar-refractivity contribution is -0.135. The summed E-state index contributed by atoms with van der Waals surface area (Å²) in [4.78, 5) is 27.0. The Morgan fingerprint density at radius 1 is 1.20 bits per heavy atom. The van der Waals surface area contributed by atoms with E-state index in [-0.39, 0.29) is 29.4 Å². The van der Waals surface area contributed by atoms with Crippen molar-refractivity contribution in [2.75, 3.05) is 13.2 Å². The largest absolute Gasteiger partial charge is 0.452 e. The Balaban J connectivity index is 1.64. The zero-order valence-corrected chi connectivity index (χ0v) is 16.0. The topological polar surface area (TPSA) is 46.6 Å². The van der Waals surface area contributed by atoms with Crippen LogP contribution < -0.4 is 0 Å². The average Bonchev–Trinajstić information content (AvgIpc) is 2.76. The van der Waals surface area contributed by atoms with E-state index in [1.165, 1.54) is 0 Å². The molecule has 1 saturated heterocycles. The molecule has 1 amide bonds. The lowest BCUT2D eigenvalue weighted by Gasteiger charge is -2.39. The molecule has 2 aliphatic rings. The van der Waals surface area contributed by atoms with Crippen LogP contribution in [0.2, 0.25) is 0 Å². The van der Waals surface area contributed by atoms with Crippen molar-refractivity contribution in [1.29, 1.82) is 0 Å². The number of fused-ring (bicyclic) bond motifs is 2. The van der Waals surface area contributed by atoms with E-state index >= 15 is 0 Å². The fourth-order valence-corrected chi connectivity index (χ4v) is 5.00. The number of carbonyl (C=O) groups is 2. The van der Waals surface area contributed by atoms with Gasteiger partial charge in [-0.1, -0.05) is 38.5 Å². The highest BCUT2D eigenvalue weighted by Crippen LogP contribution is 2.52. The van der Waals surface area contributed by atoms with Crippen molar-refractivity contribution >= 4 is 11.9 Å². The molecule has 1 aliphatic carbocycles. The average molecular weight is 343 g/mol. The van der Waals surface area contributed by atoms with Crippen LogP contribution in [0.1, 0.15) is 61.5 Å². The molecule has 1 aliphatic heterocycles. The number of esters is 1. The summed E-state index contributed by atoms with van der Waals surface area (Å²) in [6.07, 6.45) is 3.23. The Morgan fingerprint density at radius 3 is 2.64 bits per heavy atom. The molecule has 1 aromatic rings. The lowest BCUT2D eigenvalue weighted by Crippen LogP contribution is -2.39. The first-order valence-corrected chi connectivity index (χ1v) is 9.12. The molecule has 0 aromatic heterocycles. The monoisotopic (exact) mass is 343 g/mol. The quantitative estimate of drug-likeness (QED) is 0.782. The fourth-order valence-electron chi connectivity index (χ4n) is 5.00. The van der Waals surface area contributed by atoms with E-state index in [0.29, 0.717) is 5.56 Å². The van der Waals surface area contributed by atoms with Gasteiger partial charge in [0.05, 0.1) is 5.56 Å². The van der Waals surface area contributed by atoms with Gasteiger partial charge >= 0.3 is 5.97 Å². The number of nitrogens with zero attached hydrogens (tertiary/aromatic N) is 1. The first kappa shape index (κ1) is 18.0. The predicted molar refractivity (Wildman–Crippen MR) is 97.4 cm³/mol. The van der Waals surface area contributed by atoms with Crippen molar-refractivity contribution < 1.29 is 14.3 Å². The van der Waals surface area contributed by atoms with Crippen molar-refractivity contribution in [3.05, 3.63) is 34.9 Å². The number of carbonyl (C=O) groups excluding carboxylic acids is 2. The van der Waals surface area contributed by atoms with Gasteiger partial charge in [0.15, 0.2) is 6.61 Å².